The van der Waals surface area contributed by atoms with Gasteiger partial charge in [0, 0.05) is 9.84 Å². The molecule has 0 spiro atoms. The molecule has 1 saturated carbocycles. The lowest BCUT2D eigenvalue weighted by Gasteiger charge is -1.99. The number of halogens is 3. The molecular weight excluding hydrogens is 258 g/mol. The number of hydrogen-bond donors (Lipinski definition) is 0. The Hall–Kier alpha value is 1.31. The highest BCUT2D eigenvalue weighted by atomic mass is 127. The summed E-state index contributed by atoms with van der Waals surface area (Å²) >= 11 is 13.9. The minimum absolute atomic E-state index is 0.374. The molecule has 8 heavy (non-hydrogen) atoms. The Morgan fingerprint density at radius 3 is 2.12 bits per heavy atom. The fraction of sp³-hybridized carbons (Fsp3) is 1.00. The molecule has 0 N–H and O–H groups in total. The van der Waals surface area contributed by atoms with E-state index in [1.54, 1.807) is 0 Å². The smallest absolute Gasteiger partial charge is 0.101 e. The Morgan fingerprint density at radius 1 is 1.75 bits per heavy atom. The summed E-state index contributed by atoms with van der Waals surface area (Å²) in [5, 5.41) is 0. The highest BCUT2D eigenvalue weighted by Crippen LogP contribution is 2.56. The molecule has 0 aromatic rings. The first kappa shape index (κ1) is 7.42. The van der Waals surface area contributed by atoms with E-state index in [0.29, 0.717) is 9.84 Å². The highest BCUT2D eigenvalue weighted by molar-refractivity contribution is 14.1. The lowest BCUT2D eigenvalue weighted by molar-refractivity contribution is 0.836. The van der Waals surface area contributed by atoms with Crippen molar-refractivity contribution in [3.63, 3.8) is 0 Å². The van der Waals surface area contributed by atoms with E-state index < -0.39 is 0 Å². The van der Waals surface area contributed by atoms with E-state index in [1.165, 1.54) is 0 Å². The predicted octanol–water partition coefficient (Wildman–Crippen LogP) is 3.00. The van der Waals surface area contributed by atoms with Gasteiger partial charge in [-0.1, -0.05) is 29.5 Å². The van der Waals surface area contributed by atoms with E-state index in [0.717, 1.165) is 6.42 Å². The van der Waals surface area contributed by atoms with Crippen LogP contribution in [0.25, 0.3) is 0 Å². The summed E-state index contributed by atoms with van der Waals surface area (Å²) in [7, 11) is 0. The van der Waals surface area contributed by atoms with E-state index in [1.807, 2.05) is 0 Å². The average Bonchev–Trinajstić information content (AvgIpc) is 2.13. The van der Waals surface area contributed by atoms with Crippen molar-refractivity contribution in [2.45, 2.75) is 21.6 Å². The zero-order valence-corrected chi connectivity index (χ0v) is 8.17. The lowest BCUT2D eigenvalue weighted by Crippen LogP contribution is -1.99. The minimum atomic E-state index is -0.374. The van der Waals surface area contributed by atoms with Crippen molar-refractivity contribution in [2.75, 3.05) is 0 Å². The Morgan fingerprint density at radius 2 is 2.12 bits per heavy atom. The van der Waals surface area contributed by atoms with Crippen LogP contribution in [0, 0.1) is 5.92 Å². The zero-order valence-electron chi connectivity index (χ0n) is 4.50. The summed E-state index contributed by atoms with van der Waals surface area (Å²) < 4.78 is 0.239. The molecule has 0 bridgehead atoms. The first-order valence-corrected chi connectivity index (χ1v) is 4.56. The fourth-order valence-corrected chi connectivity index (χ4v) is 2.74. The Labute approximate surface area is 73.1 Å². The first-order valence-electron chi connectivity index (χ1n) is 2.56. The Kier molecular flexibility index (Phi) is 2.01. The van der Waals surface area contributed by atoms with Crippen LogP contribution in [-0.4, -0.2) is 8.26 Å². The minimum Gasteiger partial charge on any atom is -0.101 e. The molecule has 0 aromatic heterocycles. The summed E-state index contributed by atoms with van der Waals surface area (Å²) in [6.45, 7) is 2.14. The van der Waals surface area contributed by atoms with Gasteiger partial charge < -0.3 is 0 Å². The van der Waals surface area contributed by atoms with Crippen LogP contribution in [0.2, 0.25) is 0 Å². The molecule has 3 heteroatoms. The van der Waals surface area contributed by atoms with Crippen molar-refractivity contribution in [3.8, 4) is 0 Å². The van der Waals surface area contributed by atoms with Crippen molar-refractivity contribution in [2.24, 2.45) is 5.92 Å². The standard InChI is InChI=1S/C5H7Cl2I/c1-3(8)4-2-5(4,6)7/h3-4H,2H2,1H3. The summed E-state index contributed by atoms with van der Waals surface area (Å²) in [6.07, 6.45) is 0.972. The molecule has 0 aliphatic heterocycles. The summed E-state index contributed by atoms with van der Waals surface area (Å²) in [5.74, 6) is 0.534. The number of hydrogen-bond acceptors (Lipinski definition) is 0. The third kappa shape index (κ3) is 1.42. The molecule has 1 fully saturated rings. The molecule has 2 unspecified atom stereocenters. The maximum absolute atomic E-state index is 5.76. The van der Waals surface area contributed by atoms with Crippen molar-refractivity contribution in [1.29, 1.82) is 0 Å². The van der Waals surface area contributed by atoms with Crippen LogP contribution in [0.4, 0.5) is 0 Å². The largest absolute Gasteiger partial charge is 0.122 e. The number of rotatable bonds is 1. The van der Waals surface area contributed by atoms with E-state index in [4.69, 9.17) is 23.2 Å². The van der Waals surface area contributed by atoms with Crippen LogP contribution in [0.3, 0.4) is 0 Å². The monoisotopic (exact) mass is 264 g/mol. The van der Waals surface area contributed by atoms with Gasteiger partial charge in [0.2, 0.25) is 0 Å². The maximum Gasteiger partial charge on any atom is 0.122 e. The van der Waals surface area contributed by atoms with Gasteiger partial charge >= 0.3 is 0 Å². The van der Waals surface area contributed by atoms with Crippen molar-refractivity contribution < 1.29 is 0 Å². The van der Waals surface area contributed by atoms with E-state index in [9.17, 15) is 0 Å². The van der Waals surface area contributed by atoms with Crippen molar-refractivity contribution in [1.82, 2.24) is 0 Å². The van der Waals surface area contributed by atoms with Gasteiger partial charge in [-0.3, -0.25) is 0 Å². The molecule has 0 saturated heterocycles. The Balaban J connectivity index is 2.37. The molecule has 1 aliphatic carbocycles. The fourth-order valence-electron chi connectivity index (χ4n) is 0.733. The second-order valence-electron chi connectivity index (χ2n) is 2.25. The van der Waals surface area contributed by atoms with Gasteiger partial charge in [0.1, 0.15) is 4.33 Å². The van der Waals surface area contributed by atoms with Gasteiger partial charge in [-0.25, -0.2) is 0 Å². The summed E-state index contributed by atoms with van der Waals surface area (Å²) in [4.78, 5) is 0. The van der Waals surface area contributed by atoms with Crippen LogP contribution >= 0.6 is 45.8 Å². The van der Waals surface area contributed by atoms with Gasteiger partial charge in [0.05, 0.1) is 0 Å². The van der Waals surface area contributed by atoms with Gasteiger partial charge in [-0.2, -0.15) is 0 Å². The zero-order chi connectivity index (χ0) is 6.36. The topological polar surface area (TPSA) is 0 Å². The van der Waals surface area contributed by atoms with Gasteiger partial charge in [0.15, 0.2) is 0 Å². The molecule has 0 heterocycles. The summed E-state index contributed by atoms with van der Waals surface area (Å²) in [6, 6.07) is 0. The van der Waals surface area contributed by atoms with E-state index in [2.05, 4.69) is 29.5 Å². The molecule has 48 valence electrons. The van der Waals surface area contributed by atoms with Crippen molar-refractivity contribution >= 4 is 45.8 Å². The van der Waals surface area contributed by atoms with Gasteiger partial charge in [-0.15, -0.1) is 23.2 Å². The Bertz CT molecular complexity index is 101. The van der Waals surface area contributed by atoms with Crippen LogP contribution in [-0.2, 0) is 0 Å². The lowest BCUT2D eigenvalue weighted by atomic mass is 10.3. The normalized spacial score (nSPS) is 36.8. The first-order chi connectivity index (χ1) is 3.54. The maximum atomic E-state index is 5.76. The highest BCUT2D eigenvalue weighted by Gasteiger charge is 2.53. The SMILES string of the molecule is CC(I)C1CC1(Cl)Cl. The second kappa shape index (κ2) is 2.17. The van der Waals surface area contributed by atoms with Crippen molar-refractivity contribution in [3.05, 3.63) is 0 Å². The third-order valence-electron chi connectivity index (χ3n) is 1.43. The predicted molar refractivity (Wildman–Crippen MR) is 46.0 cm³/mol. The van der Waals surface area contributed by atoms with Crippen LogP contribution in [0.15, 0.2) is 0 Å². The van der Waals surface area contributed by atoms with E-state index >= 15 is 0 Å². The van der Waals surface area contributed by atoms with Gasteiger partial charge in [0.25, 0.3) is 0 Å². The van der Waals surface area contributed by atoms with Crippen LogP contribution in [0.1, 0.15) is 13.3 Å². The second-order valence-corrected chi connectivity index (χ2v) is 5.76. The number of alkyl halides is 3. The molecular formula is C5H7Cl2I. The molecule has 0 aromatic carbocycles. The molecule has 0 nitrogen and oxygen atoms in total. The molecule has 2 atom stereocenters. The average molecular weight is 265 g/mol. The van der Waals surface area contributed by atoms with Crippen LogP contribution in [0.5, 0.6) is 0 Å². The summed E-state index contributed by atoms with van der Waals surface area (Å²) in [5.41, 5.74) is 0. The third-order valence-corrected chi connectivity index (χ3v) is 3.17. The van der Waals surface area contributed by atoms with Gasteiger partial charge in [-0.05, 0) is 6.42 Å². The van der Waals surface area contributed by atoms with Crippen LogP contribution < -0.4 is 0 Å². The van der Waals surface area contributed by atoms with E-state index in [-0.39, 0.29) is 4.33 Å². The molecule has 1 aliphatic rings. The molecule has 0 amide bonds. The quantitative estimate of drug-likeness (QED) is 0.505. The molecule has 0 radical (unpaired) electrons. The molecule has 1 rings (SSSR count).